The maximum absolute atomic E-state index is 11.5. The Bertz CT molecular complexity index is 417. The van der Waals surface area contributed by atoms with Gasteiger partial charge in [-0.25, -0.2) is 4.98 Å². The van der Waals surface area contributed by atoms with Crippen molar-refractivity contribution >= 4 is 5.78 Å². The van der Waals surface area contributed by atoms with Crippen molar-refractivity contribution in [1.82, 2.24) is 4.98 Å². The van der Waals surface area contributed by atoms with Gasteiger partial charge in [0.15, 0.2) is 5.78 Å². The monoisotopic (exact) mass is 261 g/mol. The van der Waals surface area contributed by atoms with E-state index in [9.17, 15) is 4.79 Å². The highest BCUT2D eigenvalue weighted by Gasteiger charge is 2.25. The van der Waals surface area contributed by atoms with E-state index in [1.807, 2.05) is 13.0 Å². The highest BCUT2D eigenvalue weighted by molar-refractivity contribution is 5.93. The first-order chi connectivity index (χ1) is 9.08. The van der Waals surface area contributed by atoms with Gasteiger partial charge in [0.25, 0.3) is 0 Å². The molecule has 0 spiro atoms. The van der Waals surface area contributed by atoms with Crippen LogP contribution in [0, 0.1) is 11.8 Å². The molecule has 1 fully saturated rings. The quantitative estimate of drug-likeness (QED) is 0.772. The Morgan fingerprint density at radius 2 is 1.95 bits per heavy atom. The van der Waals surface area contributed by atoms with Crippen molar-refractivity contribution in [2.24, 2.45) is 11.8 Å². The van der Waals surface area contributed by atoms with Crippen molar-refractivity contribution in [2.75, 3.05) is 0 Å². The molecule has 1 heterocycles. The first-order valence-electron chi connectivity index (χ1n) is 7.24. The molecular formula is C16H23NO2. The number of rotatable bonds is 4. The van der Waals surface area contributed by atoms with Gasteiger partial charge >= 0.3 is 0 Å². The Labute approximate surface area is 115 Å². The molecule has 1 aromatic heterocycles. The van der Waals surface area contributed by atoms with Gasteiger partial charge in [0.2, 0.25) is 0 Å². The summed E-state index contributed by atoms with van der Waals surface area (Å²) in [5, 5.41) is 0. The zero-order valence-corrected chi connectivity index (χ0v) is 12.1. The molecule has 2 rings (SSSR count). The lowest BCUT2D eigenvalue weighted by atomic mass is 9.82. The molecule has 1 saturated carbocycles. The Balaban J connectivity index is 1.97. The van der Waals surface area contributed by atoms with Crippen LogP contribution in [0.15, 0.2) is 18.3 Å². The standard InChI is InChI=1S/C16H23NO2/c1-4-16(18)15-6-5-13(10-17-15)19-14-8-11(2)7-12(3)9-14/h5-6,10-12,14H,4,7-9H2,1-3H3. The lowest BCUT2D eigenvalue weighted by Gasteiger charge is -2.31. The first-order valence-corrected chi connectivity index (χ1v) is 7.24. The van der Waals surface area contributed by atoms with E-state index in [1.165, 1.54) is 6.42 Å². The molecule has 3 nitrogen and oxygen atoms in total. The highest BCUT2D eigenvalue weighted by atomic mass is 16.5. The van der Waals surface area contributed by atoms with Gasteiger partial charge in [0, 0.05) is 6.42 Å². The average Bonchev–Trinajstić information content (AvgIpc) is 2.37. The summed E-state index contributed by atoms with van der Waals surface area (Å²) in [7, 11) is 0. The number of carbonyl (C=O) groups is 1. The average molecular weight is 261 g/mol. The minimum atomic E-state index is 0.0754. The second kappa shape index (κ2) is 6.18. The number of ether oxygens (including phenoxy) is 1. The minimum absolute atomic E-state index is 0.0754. The Hall–Kier alpha value is -1.38. The predicted octanol–water partition coefficient (Wildman–Crippen LogP) is 3.88. The van der Waals surface area contributed by atoms with Gasteiger partial charge < -0.3 is 4.74 Å². The van der Waals surface area contributed by atoms with Crippen LogP contribution < -0.4 is 4.74 Å². The second-order valence-electron chi connectivity index (χ2n) is 5.81. The van der Waals surface area contributed by atoms with Crippen molar-refractivity contribution in [3.8, 4) is 5.75 Å². The van der Waals surface area contributed by atoms with Crippen LogP contribution in [0.3, 0.4) is 0 Å². The molecular weight excluding hydrogens is 238 g/mol. The summed E-state index contributed by atoms with van der Waals surface area (Å²) in [6.07, 6.45) is 5.97. The summed E-state index contributed by atoms with van der Waals surface area (Å²) in [4.78, 5) is 15.7. The number of aromatic nitrogens is 1. The summed E-state index contributed by atoms with van der Waals surface area (Å²) in [6, 6.07) is 3.62. The summed E-state index contributed by atoms with van der Waals surface area (Å²) < 4.78 is 5.99. The molecule has 1 aliphatic rings. The molecule has 1 aliphatic carbocycles. The van der Waals surface area contributed by atoms with Gasteiger partial charge in [-0.15, -0.1) is 0 Å². The Kier molecular flexibility index (Phi) is 4.56. The number of hydrogen-bond donors (Lipinski definition) is 0. The molecule has 2 atom stereocenters. The fraction of sp³-hybridized carbons (Fsp3) is 0.625. The van der Waals surface area contributed by atoms with Crippen molar-refractivity contribution < 1.29 is 9.53 Å². The number of carbonyl (C=O) groups excluding carboxylic acids is 1. The third-order valence-corrected chi connectivity index (χ3v) is 3.78. The molecule has 0 aliphatic heterocycles. The third kappa shape index (κ3) is 3.79. The molecule has 3 heteroatoms. The van der Waals surface area contributed by atoms with Gasteiger partial charge in [0.1, 0.15) is 11.4 Å². The van der Waals surface area contributed by atoms with E-state index in [4.69, 9.17) is 4.74 Å². The van der Waals surface area contributed by atoms with Gasteiger partial charge in [-0.3, -0.25) is 4.79 Å². The zero-order valence-electron chi connectivity index (χ0n) is 12.1. The number of ketones is 1. The topological polar surface area (TPSA) is 39.2 Å². The fourth-order valence-electron chi connectivity index (χ4n) is 2.96. The smallest absolute Gasteiger partial charge is 0.180 e. The maximum atomic E-state index is 11.5. The molecule has 1 aromatic rings. The summed E-state index contributed by atoms with van der Waals surface area (Å²) in [6.45, 7) is 6.42. The normalized spacial score (nSPS) is 27.0. The Morgan fingerprint density at radius 1 is 1.26 bits per heavy atom. The van der Waals surface area contributed by atoms with Gasteiger partial charge in [0.05, 0.1) is 12.3 Å². The fourth-order valence-corrected chi connectivity index (χ4v) is 2.96. The summed E-state index contributed by atoms with van der Waals surface area (Å²) in [5.41, 5.74) is 0.528. The molecule has 0 radical (unpaired) electrons. The maximum Gasteiger partial charge on any atom is 0.180 e. The zero-order chi connectivity index (χ0) is 13.8. The predicted molar refractivity (Wildman–Crippen MR) is 75.5 cm³/mol. The SMILES string of the molecule is CCC(=O)c1ccc(OC2CC(C)CC(C)C2)cn1. The van der Waals surface area contributed by atoms with Gasteiger partial charge in [-0.1, -0.05) is 20.8 Å². The lowest BCUT2D eigenvalue weighted by molar-refractivity contribution is 0.0979. The van der Waals surface area contributed by atoms with E-state index in [0.717, 1.165) is 30.4 Å². The minimum Gasteiger partial charge on any atom is -0.489 e. The van der Waals surface area contributed by atoms with Gasteiger partial charge in [-0.2, -0.15) is 0 Å². The molecule has 104 valence electrons. The molecule has 0 N–H and O–H groups in total. The molecule has 0 aromatic carbocycles. The van der Waals surface area contributed by atoms with Crippen molar-refractivity contribution in [1.29, 1.82) is 0 Å². The van der Waals surface area contributed by atoms with E-state index in [0.29, 0.717) is 12.1 Å². The molecule has 19 heavy (non-hydrogen) atoms. The van der Waals surface area contributed by atoms with Crippen LogP contribution in [0.5, 0.6) is 5.75 Å². The van der Waals surface area contributed by atoms with Crippen LogP contribution in [-0.2, 0) is 0 Å². The van der Waals surface area contributed by atoms with Crippen molar-refractivity contribution in [3.63, 3.8) is 0 Å². The van der Waals surface area contributed by atoms with Crippen molar-refractivity contribution in [2.45, 2.75) is 52.6 Å². The Morgan fingerprint density at radius 3 is 2.47 bits per heavy atom. The van der Waals surface area contributed by atoms with Crippen molar-refractivity contribution in [3.05, 3.63) is 24.0 Å². The van der Waals surface area contributed by atoms with Crippen LogP contribution in [0.1, 0.15) is 56.9 Å². The third-order valence-electron chi connectivity index (χ3n) is 3.78. The number of hydrogen-bond acceptors (Lipinski definition) is 3. The van der Waals surface area contributed by atoms with E-state index < -0.39 is 0 Å². The second-order valence-corrected chi connectivity index (χ2v) is 5.81. The number of pyridine rings is 1. The van der Waals surface area contributed by atoms with Crippen LogP contribution >= 0.6 is 0 Å². The molecule has 0 bridgehead atoms. The first kappa shape index (κ1) is 14.0. The van der Waals surface area contributed by atoms with Crippen LogP contribution in [0.25, 0.3) is 0 Å². The van der Waals surface area contributed by atoms with E-state index >= 15 is 0 Å². The number of nitrogens with zero attached hydrogens (tertiary/aromatic N) is 1. The van der Waals surface area contributed by atoms with Gasteiger partial charge in [-0.05, 0) is 43.2 Å². The van der Waals surface area contributed by atoms with E-state index in [1.54, 1.807) is 12.3 Å². The molecule has 2 unspecified atom stereocenters. The summed E-state index contributed by atoms with van der Waals surface area (Å²) in [5.74, 6) is 2.30. The van der Waals surface area contributed by atoms with Crippen LogP contribution in [0.4, 0.5) is 0 Å². The molecule has 0 amide bonds. The van der Waals surface area contributed by atoms with Crippen LogP contribution in [-0.4, -0.2) is 16.9 Å². The molecule has 0 saturated heterocycles. The lowest BCUT2D eigenvalue weighted by Crippen LogP contribution is -2.28. The van der Waals surface area contributed by atoms with Crippen LogP contribution in [0.2, 0.25) is 0 Å². The highest BCUT2D eigenvalue weighted by Crippen LogP contribution is 2.31. The van der Waals surface area contributed by atoms with E-state index in [-0.39, 0.29) is 11.9 Å². The summed E-state index contributed by atoms with van der Waals surface area (Å²) >= 11 is 0. The largest absolute Gasteiger partial charge is 0.489 e. The number of Topliss-reactive ketones (excluding diaryl/α,β-unsaturated/α-hetero) is 1. The van der Waals surface area contributed by atoms with E-state index in [2.05, 4.69) is 18.8 Å².